The Morgan fingerprint density at radius 1 is 1.56 bits per heavy atom. The predicted molar refractivity (Wildman–Crippen MR) is 68.0 cm³/mol. The third kappa shape index (κ3) is 2.83. The second kappa shape index (κ2) is 5.41. The lowest BCUT2D eigenvalue weighted by Crippen LogP contribution is -1.98. The first-order valence-electron chi connectivity index (χ1n) is 5.51. The zero-order valence-corrected chi connectivity index (χ0v) is 10.6. The highest BCUT2D eigenvalue weighted by molar-refractivity contribution is 7.99. The van der Waals surface area contributed by atoms with Crippen LogP contribution in [0.3, 0.4) is 0 Å². The van der Waals surface area contributed by atoms with E-state index in [1.807, 2.05) is 6.92 Å². The van der Waals surface area contributed by atoms with Crippen molar-refractivity contribution in [2.24, 2.45) is 0 Å². The molecule has 0 aliphatic rings. The molecule has 5 nitrogen and oxygen atoms in total. The molecule has 1 heterocycles. The lowest BCUT2D eigenvalue weighted by Gasteiger charge is -2.04. The van der Waals surface area contributed by atoms with E-state index >= 15 is 0 Å². The van der Waals surface area contributed by atoms with Crippen molar-refractivity contribution in [3.05, 3.63) is 23.8 Å². The number of rotatable bonds is 5. The highest BCUT2D eigenvalue weighted by atomic mass is 32.2. The number of aromatic nitrogens is 1. The van der Waals surface area contributed by atoms with Crippen LogP contribution < -0.4 is 0 Å². The van der Waals surface area contributed by atoms with Crippen molar-refractivity contribution >= 4 is 28.8 Å². The molecule has 1 atom stereocenters. The van der Waals surface area contributed by atoms with Crippen LogP contribution in [0.25, 0.3) is 11.1 Å². The van der Waals surface area contributed by atoms with Gasteiger partial charge < -0.3 is 14.6 Å². The average Bonchev–Trinajstić information content (AvgIpc) is 2.69. The number of hydrogen-bond acceptors (Lipinski definition) is 5. The average molecular weight is 267 g/mol. The number of aliphatic hydroxyl groups excluding tert-OH is 1. The van der Waals surface area contributed by atoms with E-state index in [0.717, 1.165) is 0 Å². The number of aromatic carboxylic acids is 1. The number of fused-ring (bicyclic) bond motifs is 1. The van der Waals surface area contributed by atoms with Crippen LogP contribution in [0.15, 0.2) is 27.8 Å². The Morgan fingerprint density at radius 2 is 2.33 bits per heavy atom. The normalized spacial score (nSPS) is 12.8. The molecule has 0 spiro atoms. The van der Waals surface area contributed by atoms with Gasteiger partial charge in [-0.2, -0.15) is 0 Å². The minimum absolute atomic E-state index is 0.123. The molecule has 1 aromatic heterocycles. The van der Waals surface area contributed by atoms with Crippen LogP contribution in [-0.2, 0) is 0 Å². The van der Waals surface area contributed by atoms with Crippen LogP contribution in [-0.4, -0.2) is 33.0 Å². The van der Waals surface area contributed by atoms with Gasteiger partial charge in [-0.15, -0.1) is 0 Å². The molecule has 0 saturated carbocycles. The first kappa shape index (κ1) is 12.9. The Bertz CT molecular complexity index is 566. The van der Waals surface area contributed by atoms with Gasteiger partial charge in [0.1, 0.15) is 5.52 Å². The van der Waals surface area contributed by atoms with Gasteiger partial charge >= 0.3 is 5.97 Å². The van der Waals surface area contributed by atoms with Gasteiger partial charge in [-0.3, -0.25) is 0 Å². The number of benzene rings is 1. The molecular weight excluding hydrogens is 254 g/mol. The number of carboxylic acid groups (broad SMARTS) is 1. The van der Waals surface area contributed by atoms with Gasteiger partial charge in [-0.1, -0.05) is 18.7 Å². The third-order valence-corrected chi connectivity index (χ3v) is 3.47. The van der Waals surface area contributed by atoms with Gasteiger partial charge in [-0.25, -0.2) is 9.78 Å². The van der Waals surface area contributed by atoms with Crippen LogP contribution in [0.4, 0.5) is 0 Å². The van der Waals surface area contributed by atoms with Gasteiger partial charge in [0.15, 0.2) is 5.58 Å². The summed E-state index contributed by atoms with van der Waals surface area (Å²) in [4.78, 5) is 15.1. The molecule has 96 valence electrons. The number of hydrogen-bond donors (Lipinski definition) is 2. The quantitative estimate of drug-likeness (QED) is 0.809. The summed E-state index contributed by atoms with van der Waals surface area (Å²) in [6.45, 7) is 2.09. The standard InChI is InChI=1S/C12H13NO4S/c1-7(4-5-14)18-12-13-9-3-2-8(11(15)16)6-10(9)17-12/h2-3,6-7,14H,4-5H2,1H3,(H,15,16). The van der Waals surface area contributed by atoms with E-state index < -0.39 is 5.97 Å². The van der Waals surface area contributed by atoms with E-state index in [2.05, 4.69) is 4.98 Å². The lowest BCUT2D eigenvalue weighted by atomic mass is 10.2. The number of carbonyl (C=O) groups is 1. The van der Waals surface area contributed by atoms with Gasteiger partial charge in [-0.05, 0) is 24.6 Å². The number of aliphatic hydroxyl groups is 1. The molecule has 0 bridgehead atoms. The highest BCUT2D eigenvalue weighted by Gasteiger charge is 2.12. The molecular formula is C12H13NO4S. The molecule has 0 fully saturated rings. The van der Waals surface area contributed by atoms with E-state index in [9.17, 15) is 4.79 Å². The molecule has 1 unspecified atom stereocenters. The van der Waals surface area contributed by atoms with Crippen molar-refractivity contribution in [3.63, 3.8) is 0 Å². The fraction of sp³-hybridized carbons (Fsp3) is 0.333. The minimum Gasteiger partial charge on any atom is -0.478 e. The van der Waals surface area contributed by atoms with Crippen molar-refractivity contribution in [1.29, 1.82) is 0 Å². The van der Waals surface area contributed by atoms with E-state index in [1.54, 1.807) is 6.07 Å². The second-order valence-electron chi connectivity index (χ2n) is 3.91. The molecule has 2 aromatic rings. The van der Waals surface area contributed by atoms with Crippen molar-refractivity contribution in [3.8, 4) is 0 Å². The maximum absolute atomic E-state index is 10.8. The van der Waals surface area contributed by atoms with Gasteiger partial charge in [0.05, 0.1) is 5.56 Å². The van der Waals surface area contributed by atoms with E-state index in [0.29, 0.717) is 22.7 Å². The van der Waals surface area contributed by atoms with Crippen LogP contribution in [0.5, 0.6) is 0 Å². The number of carboxylic acids is 1. The van der Waals surface area contributed by atoms with Crippen molar-refractivity contribution in [1.82, 2.24) is 4.98 Å². The molecule has 0 aliphatic heterocycles. The van der Waals surface area contributed by atoms with E-state index in [1.165, 1.54) is 23.9 Å². The molecule has 2 N–H and O–H groups in total. The maximum Gasteiger partial charge on any atom is 0.335 e. The summed E-state index contributed by atoms with van der Waals surface area (Å²) >= 11 is 1.42. The minimum atomic E-state index is -0.990. The summed E-state index contributed by atoms with van der Waals surface area (Å²) in [5, 5.41) is 18.4. The SMILES string of the molecule is CC(CCO)Sc1nc2ccc(C(=O)O)cc2o1. The molecule has 0 amide bonds. The van der Waals surface area contributed by atoms with Crippen molar-refractivity contribution in [2.75, 3.05) is 6.61 Å². The van der Waals surface area contributed by atoms with Crippen molar-refractivity contribution < 1.29 is 19.4 Å². The fourth-order valence-corrected chi connectivity index (χ4v) is 2.36. The molecule has 0 aliphatic carbocycles. The fourth-order valence-electron chi connectivity index (χ4n) is 1.50. The van der Waals surface area contributed by atoms with E-state index in [4.69, 9.17) is 14.6 Å². The lowest BCUT2D eigenvalue weighted by molar-refractivity contribution is 0.0697. The molecule has 0 radical (unpaired) electrons. The number of thioether (sulfide) groups is 1. The Morgan fingerprint density at radius 3 is 3.00 bits per heavy atom. The monoisotopic (exact) mass is 267 g/mol. The highest BCUT2D eigenvalue weighted by Crippen LogP contribution is 2.28. The number of nitrogens with zero attached hydrogens (tertiary/aromatic N) is 1. The summed E-state index contributed by atoms with van der Waals surface area (Å²) in [7, 11) is 0. The summed E-state index contributed by atoms with van der Waals surface area (Å²) in [6, 6.07) is 4.59. The van der Waals surface area contributed by atoms with Crippen LogP contribution >= 0.6 is 11.8 Å². The largest absolute Gasteiger partial charge is 0.478 e. The zero-order valence-electron chi connectivity index (χ0n) is 9.79. The molecule has 2 rings (SSSR count). The predicted octanol–water partition coefficient (Wildman–Crippen LogP) is 2.39. The summed E-state index contributed by atoms with van der Waals surface area (Å²) in [5.74, 6) is -0.990. The molecule has 0 saturated heterocycles. The topological polar surface area (TPSA) is 83.6 Å². The van der Waals surface area contributed by atoms with Gasteiger partial charge in [0, 0.05) is 11.9 Å². The zero-order chi connectivity index (χ0) is 13.1. The van der Waals surface area contributed by atoms with Gasteiger partial charge in [0.2, 0.25) is 0 Å². The summed E-state index contributed by atoms with van der Waals surface area (Å²) in [6.07, 6.45) is 0.657. The first-order chi connectivity index (χ1) is 8.60. The molecule has 1 aromatic carbocycles. The van der Waals surface area contributed by atoms with Crippen LogP contribution in [0.2, 0.25) is 0 Å². The van der Waals surface area contributed by atoms with E-state index in [-0.39, 0.29) is 17.4 Å². The smallest absolute Gasteiger partial charge is 0.335 e. The first-order valence-corrected chi connectivity index (χ1v) is 6.39. The Kier molecular flexibility index (Phi) is 3.88. The number of oxazole rings is 1. The summed E-state index contributed by atoms with van der Waals surface area (Å²) in [5.41, 5.74) is 1.28. The second-order valence-corrected chi connectivity index (χ2v) is 5.30. The van der Waals surface area contributed by atoms with Crippen molar-refractivity contribution in [2.45, 2.75) is 23.8 Å². The molecule has 6 heteroatoms. The Hall–Kier alpha value is -1.53. The van der Waals surface area contributed by atoms with Crippen LogP contribution in [0.1, 0.15) is 23.7 Å². The molecule has 18 heavy (non-hydrogen) atoms. The summed E-state index contributed by atoms with van der Waals surface area (Å²) < 4.78 is 5.48. The van der Waals surface area contributed by atoms with Crippen LogP contribution in [0, 0.1) is 0 Å². The third-order valence-electron chi connectivity index (χ3n) is 2.45. The Balaban J connectivity index is 2.24. The Labute approximate surface area is 108 Å². The maximum atomic E-state index is 10.8. The van der Waals surface area contributed by atoms with Gasteiger partial charge in [0.25, 0.3) is 5.22 Å².